The molecule has 3 radical (unpaired) electrons. The van der Waals surface area contributed by atoms with Gasteiger partial charge in [0.25, 0.3) is 0 Å². The number of aliphatic hydroxyl groups excluding tert-OH is 2. The number of hydrogen-bond acceptors (Lipinski definition) is 28. The largest absolute Gasteiger partial charge is 1.00 e. The molecule has 0 aliphatic rings. The molecule has 0 spiro atoms. The Bertz CT molecular complexity index is 4240. The Morgan fingerprint density at radius 1 is 0.381 bits per heavy atom. The summed E-state index contributed by atoms with van der Waals surface area (Å²) in [6, 6.07) is 46.9. The molecule has 9 rings (SSSR count). The van der Waals surface area contributed by atoms with Crippen LogP contribution in [-0.4, -0.2) is 173 Å². The first kappa shape index (κ1) is 99.7. The molecule has 0 atom stereocenters. The van der Waals surface area contributed by atoms with Gasteiger partial charge in [0.05, 0.1) is 106 Å². The summed E-state index contributed by atoms with van der Waals surface area (Å²) in [6.45, 7) is -0.881. The third kappa shape index (κ3) is 31.8. The first-order valence-electron chi connectivity index (χ1n) is 32.1. The number of esters is 7. The fourth-order valence-electron chi connectivity index (χ4n) is 9.66. The summed E-state index contributed by atoms with van der Waals surface area (Å²) in [5.41, 5.74) is 6.52. The number of ether oxygens (including phenoxy) is 16. The van der Waals surface area contributed by atoms with E-state index in [1.54, 1.807) is 48.5 Å². The third-order valence-corrected chi connectivity index (χ3v) is 15.1. The molecule has 597 valence electrons. The van der Waals surface area contributed by atoms with Crippen LogP contribution in [0.1, 0.15) is 78.9 Å². The fourth-order valence-corrected chi connectivity index (χ4v) is 9.95. The second-order valence-corrected chi connectivity index (χ2v) is 37.3. The molecule has 0 saturated heterocycles. The predicted octanol–water partition coefficient (Wildman–Crippen LogP) is 11.6. The van der Waals surface area contributed by atoms with Crippen LogP contribution < -0.4 is 72.2 Å². The molecule has 2 N–H and O–H groups in total. The molecule has 0 saturated carbocycles. The fraction of sp³-hybridized carbons (Fsp3) is 0.256. The smallest absolute Gasteiger partial charge is 1.00 e. The average molecular weight is 1850 g/mol. The van der Waals surface area contributed by atoms with Crippen LogP contribution in [-0.2, 0) is 79.3 Å². The number of aromatic nitrogens is 3. The quantitative estimate of drug-likeness (QED) is 0.0139. The maximum Gasteiger partial charge on any atom is 1.00 e. The van der Waals surface area contributed by atoms with Crippen molar-refractivity contribution < 1.29 is 151 Å². The van der Waals surface area contributed by atoms with Crippen LogP contribution >= 0.6 is 66.4 Å². The Labute approximate surface area is 713 Å². The molecule has 0 aliphatic heterocycles. The molecule has 3 heterocycles. The van der Waals surface area contributed by atoms with Crippen LogP contribution in [0.4, 0.5) is 0 Å². The van der Waals surface area contributed by atoms with Crippen molar-refractivity contribution >= 4 is 117 Å². The number of hydrogen-bond donors (Lipinski definition) is 2. The first-order valence-corrected chi connectivity index (χ1v) is 40.6. The van der Waals surface area contributed by atoms with Crippen molar-refractivity contribution in [1.82, 2.24) is 15.0 Å². The number of pyridine rings is 3. The van der Waals surface area contributed by atoms with E-state index in [-0.39, 0.29) is 131 Å². The van der Waals surface area contributed by atoms with Crippen molar-refractivity contribution in [2.24, 2.45) is 0 Å². The van der Waals surface area contributed by atoms with Gasteiger partial charge in [-0.05, 0) is 116 Å². The van der Waals surface area contributed by atoms with E-state index in [0.717, 1.165) is 23.8 Å². The summed E-state index contributed by atoms with van der Waals surface area (Å²) in [5, 5.41) is 17.0. The standard InChI is InChI=1S/C26H25NO9.C25H24BrNO7.C25H25NO8.CH4O.CH4.B.Br3P.Na.H/c1-31-21-12-18(35-15-23(28)36-14-16-8-6-5-7-9-16)13-22(32-2)24(21)17-10-19(25(29)33-3)27-20(11-17)26(30)34-4;1-30-21-11-19(33-15-23(28)34-14-16-7-5-4-6-8-16)12-22(31-2)24(21)17-9-18(13-26)27-20(10-17)25(29)32-3;1-30-21-11-19(33-15-23(28)34-14-16-7-5-4-6-8-16)12-22(31-2)24(21)17-9-18(13-27)26-20(10-17)25(29)32-3;1-2;;;1-4(2)3;;/h5-13H,14-15H2,1-4H3;4-12H,13-15H2,1-3H3;4-12,27H,13-15H2,1-3H3;2H,1H3;1H4;;;;/q;;;;;;;+1;-1. The summed E-state index contributed by atoms with van der Waals surface area (Å²) < 4.78 is 84.6. The molecule has 0 aliphatic carbocycles. The zero-order valence-corrected chi connectivity index (χ0v) is 72.1. The van der Waals surface area contributed by atoms with E-state index in [1.807, 2.05) is 97.1 Å². The molecule has 9 aromatic rings. The summed E-state index contributed by atoms with van der Waals surface area (Å²) in [6.07, 6.45) is 0. The van der Waals surface area contributed by atoms with Crippen LogP contribution in [0.25, 0.3) is 33.4 Å². The second kappa shape index (κ2) is 53.6. The Balaban J connectivity index is 0.000000811. The van der Waals surface area contributed by atoms with Crippen LogP contribution in [0, 0.1) is 0 Å². The van der Waals surface area contributed by atoms with E-state index in [4.69, 9.17) is 80.9 Å². The van der Waals surface area contributed by atoms with Gasteiger partial charge >= 0.3 is 71.3 Å². The number of nitrogens with zero attached hydrogens (tertiary/aromatic N) is 3. The molecular formula is C78H83BBr4N3NaO25P. The zero-order valence-electron chi connectivity index (χ0n) is 63.9. The molecule has 28 nitrogen and oxygen atoms in total. The number of halogens is 4. The number of carbonyl (C=O) groups is 7. The molecule has 35 heteroatoms. The minimum absolute atomic E-state index is 0. The first-order chi connectivity index (χ1) is 53.1. The Hall–Kier alpha value is -9.41. The van der Waals surface area contributed by atoms with E-state index >= 15 is 0 Å². The number of alkyl halides is 1. The van der Waals surface area contributed by atoms with Gasteiger partial charge in [0.1, 0.15) is 98.4 Å². The van der Waals surface area contributed by atoms with Gasteiger partial charge in [0, 0.05) is 57.3 Å². The number of aliphatic hydroxyl groups is 2. The summed E-state index contributed by atoms with van der Waals surface area (Å²) in [5.74, 6) is -1.18. The Morgan fingerprint density at radius 3 is 0.841 bits per heavy atom. The normalized spacial score (nSPS) is 9.86. The topological polar surface area (TPSA) is 346 Å². The van der Waals surface area contributed by atoms with E-state index in [1.165, 1.54) is 89.3 Å². The van der Waals surface area contributed by atoms with E-state index in [0.29, 0.717) is 90.4 Å². The molecule has 6 aromatic carbocycles. The van der Waals surface area contributed by atoms with Gasteiger partial charge in [-0.25, -0.2) is 48.5 Å². The van der Waals surface area contributed by atoms with E-state index in [9.17, 15) is 38.7 Å². The minimum Gasteiger partial charge on any atom is -1.00 e. The Morgan fingerprint density at radius 2 is 0.611 bits per heavy atom. The van der Waals surface area contributed by atoms with Gasteiger partial charge in [-0.15, -0.1) is 0 Å². The molecule has 0 bridgehead atoms. The SMILES string of the molecule is BrP(Br)Br.C.CO.COC(=O)c1cc(-c2c(OC)cc(OCC(=O)OCc3ccccc3)cc2OC)cc(C(=O)OC)n1.COC(=O)c1cc(-c2c(OC)cc(OCC(=O)OCc3ccccc3)cc2OC)cc(CBr)n1.COC(=O)c1cc(-c2c(OC)cc(OCC(=O)OCc3ccccc3)cc2OC)cc(CO)n1.[B].[H-].[Na+]. The minimum atomic E-state index is -0.742. The van der Waals surface area contributed by atoms with Gasteiger partial charge in [-0.1, -0.05) is 114 Å². The van der Waals surface area contributed by atoms with Crippen molar-refractivity contribution in [3.05, 3.63) is 215 Å². The van der Waals surface area contributed by atoms with Crippen LogP contribution in [0.2, 0.25) is 0 Å². The maximum absolute atomic E-state index is 12.2. The second-order valence-electron chi connectivity index (χ2n) is 21.5. The van der Waals surface area contributed by atoms with Gasteiger partial charge in [-0.2, -0.15) is 0 Å². The zero-order chi connectivity index (χ0) is 80.7. The molecular weight excluding hydrogens is 1760 g/mol. The average Bonchev–Trinajstić information content (AvgIpc) is 0.793. The van der Waals surface area contributed by atoms with Gasteiger partial charge < -0.3 is 87.4 Å². The molecule has 0 amide bonds. The number of rotatable bonds is 30. The van der Waals surface area contributed by atoms with Crippen molar-refractivity contribution in [2.45, 2.75) is 39.2 Å². The number of carbonyl (C=O) groups excluding carboxylic acids is 7. The summed E-state index contributed by atoms with van der Waals surface area (Å²) in [4.78, 5) is 97.2. The van der Waals surface area contributed by atoms with Crippen molar-refractivity contribution in [3.63, 3.8) is 0 Å². The van der Waals surface area contributed by atoms with Crippen LogP contribution in [0.3, 0.4) is 0 Å². The van der Waals surface area contributed by atoms with Crippen LogP contribution in [0.5, 0.6) is 51.7 Å². The van der Waals surface area contributed by atoms with Gasteiger partial charge in [0.2, 0.25) is 0 Å². The Kier molecular flexibility index (Phi) is 47.3. The molecule has 113 heavy (non-hydrogen) atoms. The van der Waals surface area contributed by atoms with Crippen LogP contribution in [0.15, 0.2) is 164 Å². The maximum atomic E-state index is 12.2. The van der Waals surface area contributed by atoms with Crippen molar-refractivity contribution in [1.29, 1.82) is 0 Å². The summed E-state index contributed by atoms with van der Waals surface area (Å²) in [7, 11) is 14.7. The monoisotopic (exact) mass is 1840 g/mol. The molecule has 0 unspecified atom stereocenters. The third-order valence-electron chi connectivity index (χ3n) is 14.6. The molecule has 3 aromatic heterocycles. The number of benzene rings is 6. The van der Waals surface area contributed by atoms with E-state index < -0.39 is 41.8 Å². The predicted molar refractivity (Wildman–Crippen MR) is 433 cm³/mol. The van der Waals surface area contributed by atoms with Crippen molar-refractivity contribution in [2.75, 3.05) is 98.0 Å². The van der Waals surface area contributed by atoms with E-state index in [2.05, 4.69) is 77.3 Å². The van der Waals surface area contributed by atoms with Gasteiger partial charge in [-0.3, -0.25) is 0 Å². The van der Waals surface area contributed by atoms with Gasteiger partial charge in [0.15, 0.2) is 19.8 Å². The van der Waals surface area contributed by atoms with Crippen molar-refractivity contribution in [3.8, 4) is 85.1 Å². The molecule has 0 fully saturated rings. The summed E-state index contributed by atoms with van der Waals surface area (Å²) >= 11 is 12.9. The number of methoxy groups -OCH3 is 10.